The fourth-order valence-corrected chi connectivity index (χ4v) is 5.63. The van der Waals surface area contributed by atoms with Gasteiger partial charge in [0, 0.05) is 36.0 Å². The number of likely N-dealkylation sites (N-methyl/N-ethyl adjacent to an activating group) is 1. The minimum Gasteiger partial charge on any atom is -0.496 e. The van der Waals surface area contributed by atoms with E-state index in [2.05, 4.69) is 0 Å². The Balaban J connectivity index is 1.77. The van der Waals surface area contributed by atoms with Gasteiger partial charge in [-0.3, -0.25) is 9.59 Å². The molecule has 0 aromatic heterocycles. The Morgan fingerprint density at radius 2 is 1.49 bits per heavy atom. The molecule has 3 aromatic rings. The summed E-state index contributed by atoms with van der Waals surface area (Å²) in [5, 5.41) is -1.87. The Morgan fingerprint density at radius 1 is 0.886 bits per heavy atom. The zero-order chi connectivity index (χ0) is 24.8. The molecule has 2 heterocycles. The van der Waals surface area contributed by atoms with Gasteiger partial charge in [0.25, 0.3) is 11.0 Å². The molecule has 3 aromatic carbocycles. The van der Waals surface area contributed by atoms with Gasteiger partial charge in [0.15, 0.2) is 5.54 Å². The van der Waals surface area contributed by atoms with E-state index in [0.717, 1.165) is 5.56 Å². The number of hydrogen-bond acceptors (Lipinski definition) is 5. The third-order valence-corrected chi connectivity index (χ3v) is 7.17. The van der Waals surface area contributed by atoms with Crippen LogP contribution in [0, 0.1) is 0 Å². The smallest absolute Gasteiger partial charge is 0.292 e. The molecule has 0 saturated carbocycles. The average molecular weight is 493 g/mol. The second kappa shape index (κ2) is 8.50. The van der Waals surface area contributed by atoms with Crippen molar-refractivity contribution < 1.29 is 23.8 Å². The van der Waals surface area contributed by atoms with E-state index in [1.807, 2.05) is 61.5 Å². The molecule has 2 amide bonds. The molecular formula is C27H25ClN2O5. The van der Waals surface area contributed by atoms with Gasteiger partial charge < -0.3 is 24.0 Å². The zero-order valence-corrected chi connectivity index (χ0v) is 20.4. The highest BCUT2D eigenvalue weighted by atomic mass is 35.5. The molecule has 35 heavy (non-hydrogen) atoms. The molecule has 1 saturated heterocycles. The van der Waals surface area contributed by atoms with Crippen LogP contribution in [0.4, 0.5) is 5.69 Å². The van der Waals surface area contributed by atoms with Crippen LogP contribution in [0.2, 0.25) is 0 Å². The Morgan fingerprint density at radius 3 is 2.11 bits per heavy atom. The molecule has 2 aliphatic rings. The Labute approximate surface area is 208 Å². The van der Waals surface area contributed by atoms with E-state index in [-0.39, 0.29) is 12.5 Å². The minimum atomic E-state index is -1.87. The van der Waals surface area contributed by atoms with Crippen LogP contribution in [0.1, 0.15) is 18.1 Å². The average Bonchev–Trinajstić information content (AvgIpc) is 2.99. The van der Waals surface area contributed by atoms with E-state index < -0.39 is 16.5 Å². The highest BCUT2D eigenvalue weighted by molar-refractivity contribution is 6.38. The minimum absolute atomic E-state index is 0.129. The quantitative estimate of drug-likeness (QED) is 0.381. The predicted octanol–water partition coefficient (Wildman–Crippen LogP) is 4.17. The molecule has 0 bridgehead atoms. The third-order valence-electron chi connectivity index (χ3n) is 6.66. The molecule has 8 heteroatoms. The summed E-state index contributed by atoms with van der Waals surface area (Å²) in [6, 6.07) is 22.0. The molecule has 0 spiro atoms. The second-order valence-electron chi connectivity index (χ2n) is 8.37. The molecule has 180 valence electrons. The van der Waals surface area contributed by atoms with Crippen LogP contribution in [-0.4, -0.2) is 49.1 Å². The lowest BCUT2D eigenvalue weighted by Gasteiger charge is -2.60. The summed E-state index contributed by atoms with van der Waals surface area (Å²) in [5.74, 6) is 0.606. The Hall–Kier alpha value is -3.71. The summed E-state index contributed by atoms with van der Waals surface area (Å²) in [7, 11) is 3.06. The topological polar surface area (TPSA) is 68.3 Å². The number of alkyl halides is 1. The first-order chi connectivity index (χ1) is 16.9. The normalized spacial score (nSPS) is 23.1. The number of methoxy groups -OCH3 is 2. The number of carbonyl (C=O) groups is 2. The maximum Gasteiger partial charge on any atom is 0.292 e. The lowest BCUT2D eigenvalue weighted by molar-refractivity contribution is -0.186. The molecule has 0 aliphatic carbocycles. The molecule has 0 N–H and O–H groups in total. The van der Waals surface area contributed by atoms with Crippen LogP contribution in [0.25, 0.3) is 0 Å². The van der Waals surface area contributed by atoms with Crippen LogP contribution in [0.5, 0.6) is 17.2 Å². The maximum absolute atomic E-state index is 13.7. The van der Waals surface area contributed by atoms with Gasteiger partial charge in [-0.25, -0.2) is 0 Å². The van der Waals surface area contributed by atoms with Gasteiger partial charge >= 0.3 is 0 Å². The van der Waals surface area contributed by atoms with Crippen molar-refractivity contribution in [1.82, 2.24) is 4.90 Å². The lowest BCUT2D eigenvalue weighted by atomic mass is 9.69. The van der Waals surface area contributed by atoms with Crippen molar-refractivity contribution in [1.29, 1.82) is 0 Å². The van der Waals surface area contributed by atoms with E-state index in [0.29, 0.717) is 35.0 Å². The van der Waals surface area contributed by atoms with Crippen molar-refractivity contribution in [2.24, 2.45) is 0 Å². The number of carbonyl (C=O) groups excluding carboxylic acids is 2. The van der Waals surface area contributed by atoms with Gasteiger partial charge in [0.2, 0.25) is 5.91 Å². The number of fused-ring (bicyclic) bond motifs is 3. The number of hydrogen-bond donors (Lipinski definition) is 0. The predicted molar refractivity (Wildman–Crippen MR) is 132 cm³/mol. The van der Waals surface area contributed by atoms with E-state index in [9.17, 15) is 9.59 Å². The van der Waals surface area contributed by atoms with E-state index in [1.54, 1.807) is 23.1 Å². The number of halogens is 1. The van der Waals surface area contributed by atoms with Crippen LogP contribution in [-0.2, 0) is 15.1 Å². The van der Waals surface area contributed by atoms with Gasteiger partial charge in [0.05, 0.1) is 14.2 Å². The Kier molecular flexibility index (Phi) is 5.60. The number of nitrogens with zero attached hydrogens (tertiary/aromatic N) is 2. The Bertz CT molecular complexity index is 1280. The first kappa shape index (κ1) is 23.1. The van der Waals surface area contributed by atoms with Gasteiger partial charge in [0.1, 0.15) is 23.8 Å². The standard InChI is InChI=1S/C27H25ClN2O5/c1-4-29-23-13-9-8-12-22(23)26(18-10-6-5-7-11-18)27(28,25(32)30(26)17-24(29)31)35-21-15-19(33-2)14-20(16-21)34-3/h5-16H,4,17H2,1-3H3. The first-order valence-electron chi connectivity index (χ1n) is 11.3. The SMILES string of the molecule is CCN1C(=O)CN2C(=O)C(Cl)(Oc3cc(OC)cc(OC)c3)C2(c2ccccc2)c2ccccc21. The van der Waals surface area contributed by atoms with E-state index in [4.69, 9.17) is 25.8 Å². The van der Waals surface area contributed by atoms with Crippen LogP contribution >= 0.6 is 11.6 Å². The van der Waals surface area contributed by atoms with Crippen LogP contribution < -0.4 is 19.1 Å². The first-order valence-corrected chi connectivity index (χ1v) is 11.7. The molecule has 2 atom stereocenters. The summed E-state index contributed by atoms with van der Waals surface area (Å²) in [6.07, 6.45) is 0. The van der Waals surface area contributed by atoms with Gasteiger partial charge in [-0.1, -0.05) is 60.1 Å². The summed E-state index contributed by atoms with van der Waals surface area (Å²) < 4.78 is 17.1. The van der Waals surface area contributed by atoms with E-state index >= 15 is 0 Å². The van der Waals surface area contributed by atoms with Crippen molar-refractivity contribution in [3.8, 4) is 17.2 Å². The van der Waals surface area contributed by atoms with Crippen molar-refractivity contribution >= 4 is 29.1 Å². The summed E-state index contributed by atoms with van der Waals surface area (Å²) in [4.78, 5) is 30.2. The number of anilines is 1. The monoisotopic (exact) mass is 492 g/mol. The molecule has 5 rings (SSSR count). The third kappa shape index (κ3) is 3.18. The van der Waals surface area contributed by atoms with Crippen LogP contribution in [0.15, 0.2) is 72.8 Å². The zero-order valence-electron chi connectivity index (χ0n) is 19.7. The van der Waals surface area contributed by atoms with Crippen LogP contribution in [0.3, 0.4) is 0 Å². The number of amides is 2. The van der Waals surface area contributed by atoms with Gasteiger partial charge in [-0.05, 0) is 18.6 Å². The van der Waals surface area contributed by atoms with E-state index in [1.165, 1.54) is 19.1 Å². The molecular weight excluding hydrogens is 468 g/mol. The summed E-state index contributed by atoms with van der Waals surface area (Å²) >= 11 is 7.26. The molecule has 1 fully saturated rings. The van der Waals surface area contributed by atoms with Gasteiger partial charge in [-0.15, -0.1) is 0 Å². The lowest BCUT2D eigenvalue weighted by Crippen LogP contribution is -2.80. The highest BCUT2D eigenvalue weighted by Gasteiger charge is 2.76. The fraction of sp³-hybridized carbons (Fsp3) is 0.259. The fourth-order valence-electron chi connectivity index (χ4n) is 5.12. The molecule has 0 radical (unpaired) electrons. The molecule has 2 unspecified atom stereocenters. The number of para-hydroxylation sites is 1. The van der Waals surface area contributed by atoms with Crippen molar-refractivity contribution in [2.75, 3.05) is 32.2 Å². The highest BCUT2D eigenvalue weighted by Crippen LogP contribution is 2.60. The van der Waals surface area contributed by atoms with Crippen molar-refractivity contribution in [2.45, 2.75) is 17.5 Å². The second-order valence-corrected chi connectivity index (χ2v) is 8.90. The summed E-state index contributed by atoms with van der Waals surface area (Å²) in [5.41, 5.74) is 0.876. The summed E-state index contributed by atoms with van der Waals surface area (Å²) in [6.45, 7) is 2.22. The number of benzene rings is 3. The maximum atomic E-state index is 13.7. The number of rotatable bonds is 6. The molecule has 2 aliphatic heterocycles. The number of ether oxygens (including phenoxy) is 3. The number of β-lactam (4-membered cyclic amide) rings is 1. The van der Waals surface area contributed by atoms with Gasteiger partial charge in [-0.2, -0.15) is 0 Å². The van der Waals surface area contributed by atoms with Crippen molar-refractivity contribution in [3.63, 3.8) is 0 Å². The largest absolute Gasteiger partial charge is 0.496 e. The van der Waals surface area contributed by atoms with Crippen molar-refractivity contribution in [3.05, 3.63) is 83.9 Å². The molecule has 7 nitrogen and oxygen atoms in total.